The average Bonchev–Trinajstić information content (AvgIpc) is 2.93. The molecule has 0 bridgehead atoms. The maximum Gasteiger partial charge on any atom is 0.224 e. The summed E-state index contributed by atoms with van der Waals surface area (Å²) < 4.78 is 0. The fourth-order valence-electron chi connectivity index (χ4n) is 2.80. The number of halogens is 1. The van der Waals surface area contributed by atoms with Gasteiger partial charge >= 0.3 is 0 Å². The number of anilines is 1. The lowest BCUT2D eigenvalue weighted by atomic mass is 10.1. The summed E-state index contributed by atoms with van der Waals surface area (Å²) in [5.74, 6) is 0.826. The molecule has 2 heterocycles. The summed E-state index contributed by atoms with van der Waals surface area (Å²) in [6.07, 6.45) is 2.77. The fourth-order valence-corrected chi connectivity index (χ4v) is 3.01. The number of hydrogen-bond acceptors (Lipinski definition) is 4. The first kappa shape index (κ1) is 16.3. The Kier molecular flexibility index (Phi) is 4.97. The molecule has 1 atom stereocenters. The van der Waals surface area contributed by atoms with Crippen LogP contribution in [-0.2, 0) is 11.2 Å². The second-order valence-corrected chi connectivity index (χ2v) is 6.25. The van der Waals surface area contributed by atoms with Crippen molar-refractivity contribution in [3.8, 4) is 6.07 Å². The van der Waals surface area contributed by atoms with Crippen molar-refractivity contribution < 1.29 is 4.79 Å². The second-order valence-electron chi connectivity index (χ2n) is 5.81. The predicted molar refractivity (Wildman–Crippen MR) is 92.7 cm³/mol. The van der Waals surface area contributed by atoms with E-state index in [1.54, 1.807) is 12.1 Å². The molecule has 6 heteroatoms. The van der Waals surface area contributed by atoms with Crippen molar-refractivity contribution in [3.05, 3.63) is 58.7 Å². The molecule has 0 radical (unpaired) electrons. The lowest BCUT2D eigenvalue weighted by Gasteiger charge is -2.17. The summed E-state index contributed by atoms with van der Waals surface area (Å²) in [7, 11) is 0. The highest BCUT2D eigenvalue weighted by molar-refractivity contribution is 6.30. The molecule has 1 aliphatic heterocycles. The molecule has 1 saturated heterocycles. The van der Waals surface area contributed by atoms with Crippen LogP contribution in [0.15, 0.2) is 42.6 Å². The van der Waals surface area contributed by atoms with Gasteiger partial charge in [0, 0.05) is 30.7 Å². The Bertz CT molecular complexity index is 769. The van der Waals surface area contributed by atoms with Crippen molar-refractivity contribution in [2.45, 2.75) is 18.9 Å². The highest BCUT2D eigenvalue weighted by Crippen LogP contribution is 2.17. The van der Waals surface area contributed by atoms with Crippen molar-refractivity contribution in [1.82, 2.24) is 9.88 Å². The summed E-state index contributed by atoms with van der Waals surface area (Å²) >= 11 is 5.99. The van der Waals surface area contributed by atoms with Crippen LogP contribution in [0.1, 0.15) is 17.5 Å². The average molecular weight is 341 g/mol. The Labute approximate surface area is 145 Å². The molecule has 3 rings (SSSR count). The van der Waals surface area contributed by atoms with Crippen molar-refractivity contribution >= 4 is 23.3 Å². The Morgan fingerprint density at radius 2 is 2.25 bits per heavy atom. The Morgan fingerprint density at radius 1 is 1.38 bits per heavy atom. The number of amides is 1. The van der Waals surface area contributed by atoms with Crippen LogP contribution in [0.25, 0.3) is 0 Å². The first-order valence-corrected chi connectivity index (χ1v) is 8.17. The van der Waals surface area contributed by atoms with Gasteiger partial charge in [-0.15, -0.1) is 0 Å². The van der Waals surface area contributed by atoms with Gasteiger partial charge in [-0.25, -0.2) is 4.98 Å². The maximum atomic E-state index is 12.2. The monoisotopic (exact) mass is 340 g/mol. The van der Waals surface area contributed by atoms with E-state index in [1.807, 2.05) is 35.2 Å². The first-order chi connectivity index (χ1) is 11.6. The largest absolute Gasteiger partial charge is 0.365 e. The molecule has 0 saturated carbocycles. The summed E-state index contributed by atoms with van der Waals surface area (Å²) in [5, 5.41) is 12.8. The summed E-state index contributed by atoms with van der Waals surface area (Å²) in [6.45, 7) is 1.33. The van der Waals surface area contributed by atoms with Crippen LogP contribution >= 0.6 is 11.6 Å². The first-order valence-electron chi connectivity index (χ1n) is 7.79. The number of rotatable bonds is 5. The Balaban J connectivity index is 1.54. The zero-order valence-corrected chi connectivity index (χ0v) is 13.8. The molecule has 1 fully saturated rings. The van der Waals surface area contributed by atoms with Crippen LogP contribution in [0.4, 0.5) is 5.82 Å². The van der Waals surface area contributed by atoms with Crippen LogP contribution < -0.4 is 5.32 Å². The minimum Gasteiger partial charge on any atom is -0.365 e. The number of hydrogen-bond donors (Lipinski definition) is 1. The standard InChI is InChI=1S/C18H17ClN4O/c19-15-3-1-2-13(8-15)6-7-23-12-16(9-18(23)24)22-17-5-4-14(10-20)11-21-17/h1-5,8,11,16H,6-7,9,12H2,(H,21,22)/t16-/m0/s1. The molecule has 5 nitrogen and oxygen atoms in total. The third-order valence-electron chi connectivity index (χ3n) is 4.02. The van der Waals surface area contributed by atoms with Gasteiger partial charge in [0.25, 0.3) is 0 Å². The van der Waals surface area contributed by atoms with Gasteiger partial charge in [0.1, 0.15) is 11.9 Å². The topological polar surface area (TPSA) is 69.0 Å². The second kappa shape index (κ2) is 7.33. The van der Waals surface area contributed by atoms with E-state index in [0.29, 0.717) is 35.9 Å². The van der Waals surface area contributed by atoms with E-state index in [0.717, 1.165) is 12.0 Å². The zero-order valence-electron chi connectivity index (χ0n) is 13.1. The van der Waals surface area contributed by atoms with Gasteiger partial charge in [0.15, 0.2) is 0 Å². The van der Waals surface area contributed by atoms with Crippen LogP contribution in [0.2, 0.25) is 5.02 Å². The van der Waals surface area contributed by atoms with Gasteiger partial charge < -0.3 is 10.2 Å². The number of benzene rings is 1. The molecule has 24 heavy (non-hydrogen) atoms. The zero-order chi connectivity index (χ0) is 16.9. The van der Waals surface area contributed by atoms with E-state index in [1.165, 1.54) is 6.20 Å². The Hall–Kier alpha value is -2.58. The van der Waals surface area contributed by atoms with Gasteiger partial charge in [0.2, 0.25) is 5.91 Å². The van der Waals surface area contributed by atoms with Gasteiger partial charge in [-0.1, -0.05) is 23.7 Å². The minimum atomic E-state index is 0.0392. The summed E-state index contributed by atoms with van der Waals surface area (Å²) in [6, 6.07) is 13.3. The number of nitrogens with one attached hydrogen (secondary N) is 1. The third kappa shape index (κ3) is 4.03. The van der Waals surface area contributed by atoms with Crippen LogP contribution in [-0.4, -0.2) is 34.9 Å². The van der Waals surface area contributed by atoms with E-state index >= 15 is 0 Å². The van der Waals surface area contributed by atoms with E-state index in [-0.39, 0.29) is 11.9 Å². The van der Waals surface area contributed by atoms with Crippen molar-refractivity contribution in [1.29, 1.82) is 5.26 Å². The predicted octanol–water partition coefficient (Wildman–Crippen LogP) is 2.86. The molecule has 1 aromatic heterocycles. The third-order valence-corrected chi connectivity index (χ3v) is 4.25. The minimum absolute atomic E-state index is 0.0392. The van der Waals surface area contributed by atoms with E-state index in [2.05, 4.69) is 10.3 Å². The van der Waals surface area contributed by atoms with E-state index in [4.69, 9.17) is 16.9 Å². The molecule has 1 amide bonds. The lowest BCUT2D eigenvalue weighted by molar-refractivity contribution is -0.127. The van der Waals surface area contributed by atoms with Crippen molar-refractivity contribution in [2.75, 3.05) is 18.4 Å². The molecular formula is C18H17ClN4O. The molecule has 122 valence electrons. The van der Waals surface area contributed by atoms with Gasteiger partial charge in [-0.2, -0.15) is 5.26 Å². The summed E-state index contributed by atoms with van der Waals surface area (Å²) in [4.78, 5) is 18.2. The SMILES string of the molecule is N#Cc1ccc(N[C@H]2CC(=O)N(CCc3cccc(Cl)c3)C2)nc1. The fraction of sp³-hybridized carbons (Fsp3) is 0.278. The summed E-state index contributed by atoms with van der Waals surface area (Å²) in [5.41, 5.74) is 1.65. The number of nitrogens with zero attached hydrogens (tertiary/aromatic N) is 3. The van der Waals surface area contributed by atoms with Crippen molar-refractivity contribution in [3.63, 3.8) is 0 Å². The number of likely N-dealkylation sites (tertiary alicyclic amines) is 1. The maximum absolute atomic E-state index is 12.2. The smallest absolute Gasteiger partial charge is 0.224 e. The molecule has 0 spiro atoms. The number of carbonyl (C=O) groups is 1. The van der Waals surface area contributed by atoms with Gasteiger partial charge in [-0.3, -0.25) is 4.79 Å². The van der Waals surface area contributed by atoms with Crippen LogP contribution in [0, 0.1) is 11.3 Å². The molecule has 0 unspecified atom stereocenters. The lowest BCUT2D eigenvalue weighted by Crippen LogP contribution is -2.30. The molecule has 1 aliphatic rings. The normalized spacial score (nSPS) is 16.9. The highest BCUT2D eigenvalue weighted by atomic mass is 35.5. The van der Waals surface area contributed by atoms with Crippen LogP contribution in [0.5, 0.6) is 0 Å². The highest BCUT2D eigenvalue weighted by Gasteiger charge is 2.29. The molecule has 1 aromatic carbocycles. The van der Waals surface area contributed by atoms with Gasteiger partial charge in [0.05, 0.1) is 11.6 Å². The molecule has 2 aromatic rings. The number of pyridine rings is 1. The van der Waals surface area contributed by atoms with Crippen LogP contribution in [0.3, 0.4) is 0 Å². The van der Waals surface area contributed by atoms with Crippen molar-refractivity contribution in [2.24, 2.45) is 0 Å². The number of nitriles is 1. The van der Waals surface area contributed by atoms with E-state index < -0.39 is 0 Å². The van der Waals surface area contributed by atoms with Gasteiger partial charge in [-0.05, 0) is 36.2 Å². The molecule has 1 N–H and O–H groups in total. The molecular weight excluding hydrogens is 324 g/mol. The van der Waals surface area contributed by atoms with E-state index in [9.17, 15) is 4.79 Å². The number of carbonyl (C=O) groups excluding carboxylic acids is 1. The number of aromatic nitrogens is 1. The Morgan fingerprint density at radius 3 is 2.96 bits per heavy atom. The molecule has 0 aliphatic carbocycles. The quantitative estimate of drug-likeness (QED) is 0.908.